The first-order valence-electron chi connectivity index (χ1n) is 7.47. The van der Waals surface area contributed by atoms with Crippen LogP contribution in [0.25, 0.3) is 0 Å². The average Bonchev–Trinajstić information content (AvgIpc) is 2.84. The molecule has 0 bridgehead atoms. The molecule has 1 aliphatic heterocycles. The minimum Gasteiger partial charge on any atom is -0.378 e. The summed E-state index contributed by atoms with van der Waals surface area (Å²) in [5.74, 6) is 1.61. The van der Waals surface area contributed by atoms with Crippen LogP contribution in [0.4, 0.5) is 0 Å². The van der Waals surface area contributed by atoms with Gasteiger partial charge in [-0.2, -0.15) is 0 Å². The fourth-order valence-electron chi connectivity index (χ4n) is 2.98. The molecular weight excluding hydrogens is 252 g/mol. The SMILES string of the molecule is CC(C)C1CC(CN)(N(C)Cc2nccn2C)CCO1. The average molecular weight is 280 g/mol. The zero-order chi connectivity index (χ0) is 14.8. The van der Waals surface area contributed by atoms with E-state index in [1.165, 1.54) is 0 Å². The smallest absolute Gasteiger partial charge is 0.122 e. The first-order valence-corrected chi connectivity index (χ1v) is 7.47. The van der Waals surface area contributed by atoms with Crippen LogP contribution in [0.3, 0.4) is 0 Å². The van der Waals surface area contributed by atoms with Crippen molar-refractivity contribution in [1.29, 1.82) is 0 Å². The van der Waals surface area contributed by atoms with E-state index >= 15 is 0 Å². The maximum absolute atomic E-state index is 6.14. The Kier molecular flexibility index (Phi) is 4.83. The number of likely N-dealkylation sites (N-methyl/N-ethyl adjacent to an activating group) is 1. The molecule has 2 atom stereocenters. The van der Waals surface area contributed by atoms with Crippen LogP contribution in [0.5, 0.6) is 0 Å². The highest BCUT2D eigenvalue weighted by atomic mass is 16.5. The third kappa shape index (κ3) is 3.05. The summed E-state index contributed by atoms with van der Waals surface area (Å²) >= 11 is 0. The molecule has 20 heavy (non-hydrogen) atoms. The lowest BCUT2D eigenvalue weighted by Crippen LogP contribution is -2.57. The van der Waals surface area contributed by atoms with Crippen molar-refractivity contribution in [3.63, 3.8) is 0 Å². The summed E-state index contributed by atoms with van der Waals surface area (Å²) in [6.45, 7) is 6.73. The molecule has 1 aromatic heterocycles. The van der Waals surface area contributed by atoms with Crippen LogP contribution in [0.2, 0.25) is 0 Å². The van der Waals surface area contributed by atoms with Gasteiger partial charge in [-0.3, -0.25) is 4.90 Å². The molecule has 2 heterocycles. The van der Waals surface area contributed by atoms with Gasteiger partial charge in [-0.1, -0.05) is 13.8 Å². The summed E-state index contributed by atoms with van der Waals surface area (Å²) in [4.78, 5) is 6.79. The van der Waals surface area contributed by atoms with Crippen LogP contribution in [0, 0.1) is 5.92 Å². The lowest BCUT2D eigenvalue weighted by molar-refractivity contribution is -0.0840. The number of nitrogens with zero attached hydrogens (tertiary/aromatic N) is 3. The number of hydrogen-bond acceptors (Lipinski definition) is 4. The van der Waals surface area contributed by atoms with Crippen LogP contribution in [0.1, 0.15) is 32.5 Å². The Morgan fingerprint density at radius 1 is 1.60 bits per heavy atom. The number of hydrogen-bond donors (Lipinski definition) is 1. The summed E-state index contributed by atoms with van der Waals surface area (Å²) in [7, 11) is 4.19. The second-order valence-corrected chi connectivity index (χ2v) is 6.35. The molecule has 2 rings (SSSR count). The largest absolute Gasteiger partial charge is 0.378 e. The van der Waals surface area contributed by atoms with E-state index in [2.05, 4.69) is 35.3 Å². The maximum Gasteiger partial charge on any atom is 0.122 e. The van der Waals surface area contributed by atoms with Gasteiger partial charge in [0.25, 0.3) is 0 Å². The standard InChI is InChI=1S/C15H28N4O/c1-12(2)13-9-15(11-16,5-8-20-13)19(4)10-14-17-6-7-18(14)3/h6-7,12-13H,5,8-11,16H2,1-4H3. The molecule has 2 N–H and O–H groups in total. The van der Waals surface area contributed by atoms with Gasteiger partial charge in [-0.05, 0) is 25.8 Å². The van der Waals surface area contributed by atoms with Crippen LogP contribution in [-0.4, -0.2) is 46.3 Å². The summed E-state index contributed by atoms with van der Waals surface area (Å²) < 4.78 is 7.97. The zero-order valence-corrected chi connectivity index (χ0v) is 13.2. The Labute approximate surface area is 122 Å². The molecule has 0 radical (unpaired) electrons. The Morgan fingerprint density at radius 3 is 2.90 bits per heavy atom. The molecule has 0 saturated carbocycles. The molecule has 1 fully saturated rings. The van der Waals surface area contributed by atoms with Gasteiger partial charge in [0.05, 0.1) is 12.6 Å². The van der Waals surface area contributed by atoms with Crippen molar-refractivity contribution < 1.29 is 4.74 Å². The predicted octanol–water partition coefficient (Wildman–Crippen LogP) is 1.38. The third-order valence-corrected chi connectivity index (χ3v) is 4.71. The van der Waals surface area contributed by atoms with Crippen LogP contribution >= 0.6 is 0 Å². The summed E-state index contributed by atoms with van der Waals surface area (Å²) in [6.07, 6.45) is 6.13. The van der Waals surface area contributed by atoms with Crippen LogP contribution in [-0.2, 0) is 18.3 Å². The normalized spacial score (nSPS) is 27.4. The molecular formula is C15H28N4O. The van der Waals surface area contributed by atoms with E-state index in [0.29, 0.717) is 18.6 Å². The lowest BCUT2D eigenvalue weighted by Gasteiger charge is -2.47. The summed E-state index contributed by atoms with van der Waals surface area (Å²) in [5, 5.41) is 0. The summed E-state index contributed by atoms with van der Waals surface area (Å²) in [6, 6.07) is 0. The third-order valence-electron chi connectivity index (χ3n) is 4.71. The van der Waals surface area contributed by atoms with Crippen molar-refractivity contribution in [3.05, 3.63) is 18.2 Å². The van der Waals surface area contributed by atoms with Gasteiger partial charge in [0.2, 0.25) is 0 Å². The molecule has 0 spiro atoms. The van der Waals surface area contributed by atoms with Crippen molar-refractivity contribution in [2.45, 2.75) is 44.9 Å². The molecule has 1 aliphatic rings. The van der Waals surface area contributed by atoms with E-state index in [4.69, 9.17) is 10.5 Å². The van der Waals surface area contributed by atoms with Crippen molar-refractivity contribution in [2.75, 3.05) is 20.2 Å². The molecule has 5 nitrogen and oxygen atoms in total. The van der Waals surface area contributed by atoms with E-state index in [1.807, 2.05) is 19.4 Å². The predicted molar refractivity (Wildman–Crippen MR) is 80.3 cm³/mol. The molecule has 1 saturated heterocycles. The van der Waals surface area contributed by atoms with Gasteiger partial charge in [0.1, 0.15) is 5.82 Å². The Balaban J connectivity index is 2.11. The Hall–Kier alpha value is -0.910. The first kappa shape index (κ1) is 15.5. The fraction of sp³-hybridized carbons (Fsp3) is 0.800. The second-order valence-electron chi connectivity index (χ2n) is 6.35. The topological polar surface area (TPSA) is 56.3 Å². The van der Waals surface area contributed by atoms with E-state index in [-0.39, 0.29) is 5.54 Å². The van der Waals surface area contributed by atoms with Crippen LogP contribution < -0.4 is 5.73 Å². The number of aromatic nitrogens is 2. The van der Waals surface area contributed by atoms with Gasteiger partial charge < -0.3 is 15.0 Å². The Morgan fingerprint density at radius 2 is 2.35 bits per heavy atom. The number of nitrogens with two attached hydrogens (primary N) is 1. The highest BCUT2D eigenvalue weighted by molar-refractivity contribution is 4.99. The lowest BCUT2D eigenvalue weighted by atomic mass is 9.82. The van der Waals surface area contributed by atoms with E-state index in [9.17, 15) is 0 Å². The molecule has 114 valence electrons. The maximum atomic E-state index is 6.14. The van der Waals surface area contributed by atoms with Crippen molar-refractivity contribution >= 4 is 0 Å². The highest BCUT2D eigenvalue weighted by Crippen LogP contribution is 2.32. The second kappa shape index (κ2) is 6.24. The molecule has 5 heteroatoms. The van der Waals surface area contributed by atoms with Gasteiger partial charge in [-0.25, -0.2) is 4.98 Å². The molecule has 0 amide bonds. The molecule has 0 aliphatic carbocycles. The minimum atomic E-state index is 0.0269. The zero-order valence-electron chi connectivity index (χ0n) is 13.2. The van der Waals surface area contributed by atoms with Crippen LogP contribution in [0.15, 0.2) is 12.4 Å². The van der Waals surface area contributed by atoms with Crippen molar-refractivity contribution in [1.82, 2.24) is 14.5 Å². The van der Waals surface area contributed by atoms with Crippen molar-refractivity contribution in [3.8, 4) is 0 Å². The number of aryl methyl sites for hydroxylation is 1. The van der Waals surface area contributed by atoms with Gasteiger partial charge in [0.15, 0.2) is 0 Å². The molecule has 2 unspecified atom stereocenters. The van der Waals surface area contributed by atoms with Crippen molar-refractivity contribution in [2.24, 2.45) is 18.7 Å². The van der Waals surface area contributed by atoms with E-state index in [0.717, 1.165) is 31.8 Å². The monoisotopic (exact) mass is 280 g/mol. The number of rotatable bonds is 5. The minimum absolute atomic E-state index is 0.0269. The Bertz CT molecular complexity index is 431. The quantitative estimate of drug-likeness (QED) is 0.885. The number of imidazole rings is 1. The van der Waals surface area contributed by atoms with Gasteiger partial charge in [-0.15, -0.1) is 0 Å². The first-order chi connectivity index (χ1) is 9.48. The molecule has 1 aromatic rings. The number of ether oxygens (including phenoxy) is 1. The van der Waals surface area contributed by atoms with Gasteiger partial charge >= 0.3 is 0 Å². The summed E-state index contributed by atoms with van der Waals surface area (Å²) in [5.41, 5.74) is 6.17. The fourth-order valence-corrected chi connectivity index (χ4v) is 2.98. The molecule has 0 aromatic carbocycles. The van der Waals surface area contributed by atoms with E-state index in [1.54, 1.807) is 0 Å². The highest BCUT2D eigenvalue weighted by Gasteiger charge is 2.40. The van der Waals surface area contributed by atoms with E-state index < -0.39 is 0 Å². The van der Waals surface area contributed by atoms with Gasteiger partial charge in [0, 0.05) is 38.1 Å².